The normalized spacial score (nSPS) is 16.6. The summed E-state index contributed by atoms with van der Waals surface area (Å²) in [5, 5.41) is 0. The van der Waals surface area contributed by atoms with Gasteiger partial charge in [0.2, 0.25) is 0 Å². The van der Waals surface area contributed by atoms with Gasteiger partial charge in [-0.2, -0.15) is 0 Å². The first-order valence-corrected chi connectivity index (χ1v) is 11.7. The fraction of sp³-hybridized carbons (Fsp3) is 0.913. The van der Waals surface area contributed by atoms with Gasteiger partial charge in [-0.15, -0.1) is 0 Å². The minimum atomic E-state index is -0.465. The highest BCUT2D eigenvalue weighted by Gasteiger charge is 2.36. The molecule has 1 atom stereocenters. The molecular formula is C23H43NO4. The molecule has 0 aromatic heterocycles. The fourth-order valence-electron chi connectivity index (χ4n) is 3.59. The maximum atomic E-state index is 12.3. The second-order valence-corrected chi connectivity index (χ2v) is 8.53. The molecule has 1 rings (SSSR count). The molecule has 0 bridgehead atoms. The van der Waals surface area contributed by atoms with Gasteiger partial charge in [0.15, 0.2) is 0 Å². The fourth-order valence-corrected chi connectivity index (χ4v) is 3.59. The van der Waals surface area contributed by atoms with Gasteiger partial charge in [-0.1, -0.05) is 85.0 Å². The van der Waals surface area contributed by atoms with E-state index >= 15 is 0 Å². The number of carbonyl (C=O) groups excluding carboxylic acids is 2. The largest absolute Gasteiger partial charge is 0.464 e. The zero-order valence-electron chi connectivity index (χ0n) is 18.5. The summed E-state index contributed by atoms with van der Waals surface area (Å²) >= 11 is 0. The summed E-state index contributed by atoms with van der Waals surface area (Å²) in [4.78, 5) is 26.0. The SMILES string of the molecule is CCCCCCCCCCCCCOC(=O)[C@@H]1CCCN1C(=O)OCC(C)C. The lowest BCUT2D eigenvalue weighted by molar-refractivity contribution is -0.148. The Balaban J connectivity index is 2.04. The van der Waals surface area contributed by atoms with Crippen LogP contribution in [0.5, 0.6) is 0 Å². The van der Waals surface area contributed by atoms with Crippen LogP contribution in [0.3, 0.4) is 0 Å². The first-order valence-electron chi connectivity index (χ1n) is 11.7. The maximum Gasteiger partial charge on any atom is 0.410 e. The molecule has 0 unspecified atom stereocenters. The van der Waals surface area contributed by atoms with E-state index in [4.69, 9.17) is 9.47 Å². The molecule has 0 N–H and O–H groups in total. The van der Waals surface area contributed by atoms with E-state index in [1.165, 1.54) is 62.7 Å². The van der Waals surface area contributed by atoms with Crippen LogP contribution in [0.2, 0.25) is 0 Å². The van der Waals surface area contributed by atoms with Crippen LogP contribution >= 0.6 is 0 Å². The van der Waals surface area contributed by atoms with Crippen LogP contribution in [0.1, 0.15) is 104 Å². The Morgan fingerprint density at radius 1 is 0.893 bits per heavy atom. The minimum Gasteiger partial charge on any atom is -0.464 e. The number of unbranched alkanes of at least 4 members (excludes halogenated alkanes) is 10. The summed E-state index contributed by atoms with van der Waals surface area (Å²) < 4.78 is 10.7. The van der Waals surface area contributed by atoms with Gasteiger partial charge in [-0.25, -0.2) is 9.59 Å². The van der Waals surface area contributed by atoms with Crippen molar-refractivity contribution in [3.8, 4) is 0 Å². The number of hydrogen-bond donors (Lipinski definition) is 0. The molecule has 1 heterocycles. The number of rotatable bonds is 15. The summed E-state index contributed by atoms with van der Waals surface area (Å²) in [5.41, 5.74) is 0. The molecule has 0 radical (unpaired) electrons. The molecule has 1 aliphatic rings. The Labute approximate surface area is 172 Å². The van der Waals surface area contributed by atoms with Crippen LogP contribution < -0.4 is 0 Å². The number of esters is 1. The van der Waals surface area contributed by atoms with Crippen LogP contribution in [0.4, 0.5) is 4.79 Å². The van der Waals surface area contributed by atoms with Crippen molar-refractivity contribution in [2.45, 2.75) is 110 Å². The van der Waals surface area contributed by atoms with Gasteiger partial charge in [0.05, 0.1) is 13.2 Å². The van der Waals surface area contributed by atoms with Crippen molar-refractivity contribution in [1.29, 1.82) is 0 Å². The van der Waals surface area contributed by atoms with E-state index in [0.29, 0.717) is 26.2 Å². The highest BCUT2D eigenvalue weighted by Crippen LogP contribution is 2.20. The second kappa shape index (κ2) is 15.6. The van der Waals surface area contributed by atoms with Crippen LogP contribution in [-0.2, 0) is 14.3 Å². The highest BCUT2D eigenvalue weighted by atomic mass is 16.6. The van der Waals surface area contributed by atoms with E-state index < -0.39 is 6.04 Å². The summed E-state index contributed by atoms with van der Waals surface area (Å²) in [6.07, 6.45) is 15.1. The van der Waals surface area contributed by atoms with Crippen LogP contribution in [0.25, 0.3) is 0 Å². The third-order valence-corrected chi connectivity index (χ3v) is 5.29. The molecule has 1 amide bonds. The lowest BCUT2D eigenvalue weighted by Gasteiger charge is -2.23. The van der Waals surface area contributed by atoms with Gasteiger partial charge in [-0.05, 0) is 25.2 Å². The van der Waals surface area contributed by atoms with Crippen molar-refractivity contribution in [3.05, 3.63) is 0 Å². The summed E-state index contributed by atoms with van der Waals surface area (Å²) in [6.45, 7) is 7.67. The van der Waals surface area contributed by atoms with Gasteiger partial charge < -0.3 is 9.47 Å². The van der Waals surface area contributed by atoms with Crippen molar-refractivity contribution in [2.75, 3.05) is 19.8 Å². The molecule has 164 valence electrons. The third kappa shape index (κ3) is 10.9. The smallest absolute Gasteiger partial charge is 0.410 e. The predicted octanol–water partition coefficient (Wildman–Crippen LogP) is 6.10. The van der Waals surface area contributed by atoms with Crippen molar-refractivity contribution in [1.82, 2.24) is 4.90 Å². The molecule has 0 aromatic rings. The molecule has 0 aliphatic carbocycles. The van der Waals surface area contributed by atoms with Crippen molar-refractivity contribution in [2.24, 2.45) is 5.92 Å². The van der Waals surface area contributed by atoms with Crippen molar-refractivity contribution >= 4 is 12.1 Å². The van der Waals surface area contributed by atoms with Crippen molar-refractivity contribution in [3.63, 3.8) is 0 Å². The number of carbonyl (C=O) groups is 2. The number of hydrogen-bond acceptors (Lipinski definition) is 4. The minimum absolute atomic E-state index is 0.272. The lowest BCUT2D eigenvalue weighted by Crippen LogP contribution is -2.42. The topological polar surface area (TPSA) is 55.8 Å². The number of ether oxygens (including phenoxy) is 2. The Morgan fingerprint density at radius 2 is 1.46 bits per heavy atom. The van der Waals surface area contributed by atoms with Gasteiger partial charge in [-0.3, -0.25) is 4.90 Å². The zero-order chi connectivity index (χ0) is 20.6. The first-order chi connectivity index (χ1) is 13.6. The molecule has 5 heteroatoms. The van der Waals surface area contributed by atoms with Gasteiger partial charge in [0.25, 0.3) is 0 Å². The summed E-state index contributed by atoms with van der Waals surface area (Å²) in [6, 6.07) is -0.465. The van der Waals surface area contributed by atoms with Gasteiger partial charge >= 0.3 is 12.1 Å². The molecule has 0 aromatic carbocycles. The molecule has 1 saturated heterocycles. The Hall–Kier alpha value is -1.26. The van der Waals surface area contributed by atoms with Crippen LogP contribution in [-0.4, -0.2) is 42.8 Å². The molecule has 28 heavy (non-hydrogen) atoms. The van der Waals surface area contributed by atoms with E-state index in [1.54, 1.807) is 0 Å². The monoisotopic (exact) mass is 397 g/mol. The molecule has 0 saturated carbocycles. The van der Waals surface area contributed by atoms with Gasteiger partial charge in [0.1, 0.15) is 6.04 Å². The number of likely N-dealkylation sites (tertiary alicyclic amines) is 1. The molecule has 1 aliphatic heterocycles. The lowest BCUT2D eigenvalue weighted by atomic mass is 10.1. The van der Waals surface area contributed by atoms with Crippen LogP contribution in [0.15, 0.2) is 0 Å². The van der Waals surface area contributed by atoms with Gasteiger partial charge in [0, 0.05) is 6.54 Å². The van der Waals surface area contributed by atoms with E-state index in [-0.39, 0.29) is 18.0 Å². The third-order valence-electron chi connectivity index (χ3n) is 5.29. The molecule has 0 spiro atoms. The predicted molar refractivity (Wildman–Crippen MR) is 113 cm³/mol. The number of nitrogens with zero attached hydrogens (tertiary/aromatic N) is 1. The average molecular weight is 398 g/mol. The van der Waals surface area contributed by atoms with Crippen LogP contribution in [0, 0.1) is 5.92 Å². The maximum absolute atomic E-state index is 12.3. The first kappa shape index (κ1) is 24.8. The van der Waals surface area contributed by atoms with Crippen molar-refractivity contribution < 1.29 is 19.1 Å². The summed E-state index contributed by atoms with van der Waals surface area (Å²) in [5.74, 6) is 0.0177. The summed E-state index contributed by atoms with van der Waals surface area (Å²) in [7, 11) is 0. The molecule has 1 fully saturated rings. The molecule has 5 nitrogen and oxygen atoms in total. The Bertz CT molecular complexity index is 425. The highest BCUT2D eigenvalue weighted by molar-refractivity contribution is 5.82. The Kier molecular flexibility index (Phi) is 13.8. The quantitative estimate of drug-likeness (QED) is 0.247. The van der Waals surface area contributed by atoms with E-state index in [1.807, 2.05) is 13.8 Å². The zero-order valence-corrected chi connectivity index (χ0v) is 18.5. The molecular weight excluding hydrogens is 354 g/mol. The van der Waals surface area contributed by atoms with E-state index in [2.05, 4.69) is 6.92 Å². The standard InChI is InChI=1S/C23H43NO4/c1-4-5-6-7-8-9-10-11-12-13-14-18-27-22(25)21-16-15-17-24(21)23(26)28-19-20(2)3/h20-21H,4-19H2,1-3H3/t21-/m0/s1. The Morgan fingerprint density at radius 3 is 2.04 bits per heavy atom. The number of amides is 1. The average Bonchev–Trinajstić information content (AvgIpc) is 3.16. The second-order valence-electron chi connectivity index (χ2n) is 8.53. The van der Waals surface area contributed by atoms with E-state index in [9.17, 15) is 9.59 Å². The van der Waals surface area contributed by atoms with E-state index in [0.717, 1.165) is 19.3 Å².